The molecule has 0 aliphatic rings. The highest BCUT2D eigenvalue weighted by atomic mass is 32.2. The largest absolute Gasteiger partial charge is 0.312 e. The van der Waals surface area contributed by atoms with Crippen molar-refractivity contribution in [3.05, 3.63) is 35.4 Å². The minimum absolute atomic E-state index is 0.452. The second-order valence-corrected chi connectivity index (χ2v) is 6.69. The first-order valence-corrected chi connectivity index (χ1v) is 8.19. The van der Waals surface area contributed by atoms with Gasteiger partial charge in [-0.25, -0.2) is 0 Å². The van der Waals surface area contributed by atoms with Gasteiger partial charge in [0.15, 0.2) is 0 Å². The molecule has 108 valence electrons. The van der Waals surface area contributed by atoms with Gasteiger partial charge in [-0.15, -0.1) is 0 Å². The molecule has 0 aromatic heterocycles. The van der Waals surface area contributed by atoms with Gasteiger partial charge in [-0.2, -0.15) is 11.8 Å². The molecular weight excluding hydrogens is 252 g/mol. The van der Waals surface area contributed by atoms with Crippen LogP contribution in [-0.4, -0.2) is 44.1 Å². The van der Waals surface area contributed by atoms with E-state index in [1.54, 1.807) is 0 Å². The van der Waals surface area contributed by atoms with Gasteiger partial charge >= 0.3 is 0 Å². The number of nitrogens with zero attached hydrogens (tertiary/aromatic N) is 1. The van der Waals surface area contributed by atoms with E-state index in [0.29, 0.717) is 12.0 Å². The molecule has 0 radical (unpaired) electrons. The molecule has 1 N–H and O–H groups in total. The maximum absolute atomic E-state index is 3.42. The third kappa shape index (κ3) is 5.98. The van der Waals surface area contributed by atoms with Crippen molar-refractivity contribution in [2.75, 3.05) is 39.2 Å². The molecule has 0 fully saturated rings. The smallest absolute Gasteiger partial charge is 0.0409 e. The Kier molecular flexibility index (Phi) is 7.51. The third-order valence-corrected chi connectivity index (χ3v) is 4.36. The summed E-state index contributed by atoms with van der Waals surface area (Å²) >= 11 is 2.02. The first kappa shape index (κ1) is 16.5. The van der Waals surface area contributed by atoms with E-state index < -0.39 is 0 Å². The van der Waals surface area contributed by atoms with Gasteiger partial charge in [0, 0.05) is 24.1 Å². The summed E-state index contributed by atoms with van der Waals surface area (Å²) in [4.78, 5) is 2.23. The van der Waals surface area contributed by atoms with Crippen LogP contribution < -0.4 is 5.32 Å². The maximum Gasteiger partial charge on any atom is 0.0409 e. The standard InChI is InChI=1S/C16H28N2S/c1-13(2)14-6-8-15(9-7-14)16(17-3)12-19-11-10-18(4)5/h6-9,13,16-17H,10-12H2,1-5H3. The molecule has 2 nitrogen and oxygen atoms in total. The van der Waals surface area contributed by atoms with Crippen LogP contribution >= 0.6 is 11.8 Å². The predicted octanol–water partition coefficient (Wildman–Crippen LogP) is 3.37. The summed E-state index contributed by atoms with van der Waals surface area (Å²) in [6, 6.07) is 9.50. The molecule has 1 aromatic rings. The van der Waals surface area contributed by atoms with E-state index in [1.807, 2.05) is 18.8 Å². The molecule has 1 rings (SSSR count). The summed E-state index contributed by atoms with van der Waals surface area (Å²) in [5.74, 6) is 2.93. The van der Waals surface area contributed by atoms with E-state index in [4.69, 9.17) is 0 Å². The van der Waals surface area contributed by atoms with Gasteiger partial charge in [0.2, 0.25) is 0 Å². The van der Waals surface area contributed by atoms with Crippen molar-refractivity contribution in [2.45, 2.75) is 25.8 Å². The fourth-order valence-electron chi connectivity index (χ4n) is 1.91. The Bertz CT molecular complexity index is 346. The zero-order valence-electron chi connectivity index (χ0n) is 12.9. The Morgan fingerprint density at radius 2 is 1.68 bits per heavy atom. The second-order valence-electron chi connectivity index (χ2n) is 5.54. The molecule has 0 bridgehead atoms. The molecule has 1 unspecified atom stereocenters. The topological polar surface area (TPSA) is 15.3 Å². The first-order chi connectivity index (χ1) is 9.04. The molecule has 0 spiro atoms. The van der Waals surface area contributed by atoms with Crippen LogP contribution in [0.1, 0.15) is 36.9 Å². The molecule has 0 heterocycles. The Hall–Kier alpha value is -0.510. The normalized spacial score (nSPS) is 13.2. The van der Waals surface area contributed by atoms with E-state index in [2.05, 4.69) is 62.4 Å². The monoisotopic (exact) mass is 280 g/mol. The van der Waals surface area contributed by atoms with E-state index in [0.717, 1.165) is 12.3 Å². The van der Waals surface area contributed by atoms with Crippen molar-refractivity contribution in [1.29, 1.82) is 0 Å². The van der Waals surface area contributed by atoms with Crippen LogP contribution in [-0.2, 0) is 0 Å². The van der Waals surface area contributed by atoms with Crippen LogP contribution in [0, 0.1) is 0 Å². The number of thioether (sulfide) groups is 1. The molecule has 0 aliphatic carbocycles. The van der Waals surface area contributed by atoms with E-state index in [-0.39, 0.29) is 0 Å². The average molecular weight is 280 g/mol. The summed E-state index contributed by atoms with van der Waals surface area (Å²) in [7, 11) is 6.30. The summed E-state index contributed by atoms with van der Waals surface area (Å²) < 4.78 is 0. The fourth-order valence-corrected chi connectivity index (χ4v) is 3.16. The van der Waals surface area contributed by atoms with Crippen LogP contribution in [0.3, 0.4) is 0 Å². The van der Waals surface area contributed by atoms with Gasteiger partial charge in [-0.05, 0) is 38.2 Å². The van der Waals surface area contributed by atoms with Crippen molar-refractivity contribution in [2.24, 2.45) is 0 Å². The number of hydrogen-bond acceptors (Lipinski definition) is 3. The molecule has 0 saturated carbocycles. The highest BCUT2D eigenvalue weighted by Gasteiger charge is 2.09. The highest BCUT2D eigenvalue weighted by molar-refractivity contribution is 7.99. The zero-order chi connectivity index (χ0) is 14.3. The number of hydrogen-bond donors (Lipinski definition) is 1. The third-order valence-electron chi connectivity index (χ3n) is 3.32. The van der Waals surface area contributed by atoms with Crippen molar-refractivity contribution in [3.63, 3.8) is 0 Å². The molecule has 1 atom stereocenters. The zero-order valence-corrected chi connectivity index (χ0v) is 13.8. The number of nitrogens with one attached hydrogen (secondary N) is 1. The predicted molar refractivity (Wildman–Crippen MR) is 88.2 cm³/mol. The minimum atomic E-state index is 0.452. The summed E-state index contributed by atoms with van der Waals surface area (Å²) in [5.41, 5.74) is 2.81. The van der Waals surface area contributed by atoms with Crippen molar-refractivity contribution >= 4 is 11.8 Å². The van der Waals surface area contributed by atoms with Crippen LogP contribution in [0.5, 0.6) is 0 Å². The van der Waals surface area contributed by atoms with Crippen LogP contribution in [0.25, 0.3) is 0 Å². The van der Waals surface area contributed by atoms with Crippen molar-refractivity contribution in [3.8, 4) is 0 Å². The highest BCUT2D eigenvalue weighted by Crippen LogP contribution is 2.21. The van der Waals surface area contributed by atoms with Crippen LogP contribution in [0.2, 0.25) is 0 Å². The van der Waals surface area contributed by atoms with Crippen molar-refractivity contribution in [1.82, 2.24) is 10.2 Å². The van der Waals surface area contributed by atoms with E-state index >= 15 is 0 Å². The first-order valence-electron chi connectivity index (χ1n) is 7.04. The average Bonchev–Trinajstić information content (AvgIpc) is 2.39. The van der Waals surface area contributed by atoms with Gasteiger partial charge in [-0.1, -0.05) is 38.1 Å². The van der Waals surface area contributed by atoms with Gasteiger partial charge in [-0.3, -0.25) is 0 Å². The molecule has 3 heteroatoms. The Balaban J connectivity index is 2.49. The summed E-state index contributed by atoms with van der Waals surface area (Å²) in [6.45, 7) is 5.62. The molecule has 0 amide bonds. The maximum atomic E-state index is 3.42. The Morgan fingerprint density at radius 3 is 2.16 bits per heavy atom. The van der Waals surface area contributed by atoms with Gasteiger partial charge in [0.1, 0.15) is 0 Å². The number of rotatable bonds is 8. The van der Waals surface area contributed by atoms with Crippen LogP contribution in [0.15, 0.2) is 24.3 Å². The lowest BCUT2D eigenvalue weighted by molar-refractivity contribution is 0.437. The fraction of sp³-hybridized carbons (Fsp3) is 0.625. The lowest BCUT2D eigenvalue weighted by Gasteiger charge is -2.18. The Morgan fingerprint density at radius 1 is 1.11 bits per heavy atom. The molecule has 0 aliphatic heterocycles. The molecule has 0 saturated heterocycles. The molecule has 19 heavy (non-hydrogen) atoms. The quantitative estimate of drug-likeness (QED) is 0.735. The second kappa shape index (κ2) is 8.62. The van der Waals surface area contributed by atoms with Gasteiger partial charge in [0.05, 0.1) is 0 Å². The van der Waals surface area contributed by atoms with E-state index in [9.17, 15) is 0 Å². The minimum Gasteiger partial charge on any atom is -0.312 e. The summed E-state index contributed by atoms with van der Waals surface area (Å²) in [6.07, 6.45) is 0. The Labute approximate surface area is 123 Å². The lowest BCUT2D eigenvalue weighted by Crippen LogP contribution is -2.20. The van der Waals surface area contributed by atoms with Gasteiger partial charge < -0.3 is 10.2 Å². The van der Waals surface area contributed by atoms with E-state index in [1.165, 1.54) is 16.9 Å². The number of benzene rings is 1. The summed E-state index contributed by atoms with van der Waals surface area (Å²) in [5, 5.41) is 3.42. The molecule has 1 aromatic carbocycles. The van der Waals surface area contributed by atoms with Gasteiger partial charge in [0.25, 0.3) is 0 Å². The lowest BCUT2D eigenvalue weighted by atomic mass is 10.00. The van der Waals surface area contributed by atoms with Crippen molar-refractivity contribution < 1.29 is 0 Å². The SMILES string of the molecule is CNC(CSCCN(C)C)c1ccc(C(C)C)cc1. The molecular formula is C16H28N2S. The van der Waals surface area contributed by atoms with Crippen LogP contribution in [0.4, 0.5) is 0 Å².